The second-order valence-corrected chi connectivity index (χ2v) is 7.18. The Bertz CT molecular complexity index is 950. The van der Waals surface area contributed by atoms with Crippen LogP contribution in [0.4, 0.5) is 26.3 Å². The van der Waals surface area contributed by atoms with Crippen LogP contribution in [0, 0.1) is 0 Å². The standard InChI is InChI=1S/C23H22F6O4/c1-3-12-32-19(30)15-8-10-17(11-9-15)21(22(24,25)26,23(27,28)29)18-7-5-6-16(14-18)20(31)33-13-4-2/h5-11,14H,3-4,12-13H2,1-2H3. The van der Waals surface area contributed by atoms with E-state index in [9.17, 15) is 35.9 Å². The van der Waals surface area contributed by atoms with Crippen molar-refractivity contribution >= 4 is 11.9 Å². The Kier molecular flexibility index (Phi) is 8.16. The minimum absolute atomic E-state index is 0.0393. The second kappa shape index (κ2) is 10.3. The van der Waals surface area contributed by atoms with Crippen molar-refractivity contribution < 1.29 is 45.4 Å². The van der Waals surface area contributed by atoms with Crippen LogP contribution in [0.2, 0.25) is 0 Å². The van der Waals surface area contributed by atoms with Crippen molar-refractivity contribution in [1.82, 2.24) is 0 Å². The summed E-state index contributed by atoms with van der Waals surface area (Å²) in [6.45, 7) is 3.42. The summed E-state index contributed by atoms with van der Waals surface area (Å²) in [5.74, 6) is -1.90. The van der Waals surface area contributed by atoms with Crippen molar-refractivity contribution in [1.29, 1.82) is 0 Å². The van der Waals surface area contributed by atoms with Crippen LogP contribution in [0.3, 0.4) is 0 Å². The number of esters is 2. The number of hydrogen-bond acceptors (Lipinski definition) is 4. The van der Waals surface area contributed by atoms with E-state index in [1.54, 1.807) is 13.8 Å². The predicted molar refractivity (Wildman–Crippen MR) is 107 cm³/mol. The van der Waals surface area contributed by atoms with Crippen LogP contribution >= 0.6 is 0 Å². The molecule has 2 aromatic carbocycles. The van der Waals surface area contributed by atoms with Gasteiger partial charge in [-0.2, -0.15) is 26.3 Å². The molecule has 0 heterocycles. The quantitative estimate of drug-likeness (QED) is 0.335. The molecule has 0 atom stereocenters. The molecule has 0 N–H and O–H groups in total. The lowest BCUT2D eigenvalue weighted by molar-refractivity contribution is -0.288. The Morgan fingerprint density at radius 3 is 1.64 bits per heavy atom. The molecule has 0 saturated carbocycles. The first kappa shape index (κ1) is 26.2. The largest absolute Gasteiger partial charge is 0.462 e. The van der Waals surface area contributed by atoms with E-state index in [-0.39, 0.29) is 18.8 Å². The molecule has 2 rings (SSSR count). The molecule has 2 aromatic rings. The molecule has 0 aromatic heterocycles. The van der Waals surface area contributed by atoms with Gasteiger partial charge in [0.2, 0.25) is 5.41 Å². The molecule has 0 aliphatic heterocycles. The van der Waals surface area contributed by atoms with Crippen LogP contribution in [0.25, 0.3) is 0 Å². The zero-order valence-corrected chi connectivity index (χ0v) is 17.8. The highest BCUT2D eigenvalue weighted by molar-refractivity contribution is 5.90. The van der Waals surface area contributed by atoms with Gasteiger partial charge in [0.25, 0.3) is 0 Å². The summed E-state index contributed by atoms with van der Waals surface area (Å²) >= 11 is 0. The number of carbonyl (C=O) groups is 2. The Balaban J connectivity index is 2.68. The van der Waals surface area contributed by atoms with Gasteiger partial charge in [-0.3, -0.25) is 0 Å². The summed E-state index contributed by atoms with van der Waals surface area (Å²) in [7, 11) is 0. The second-order valence-electron chi connectivity index (χ2n) is 7.18. The molecule has 0 spiro atoms. The van der Waals surface area contributed by atoms with Crippen molar-refractivity contribution in [3.8, 4) is 0 Å². The lowest BCUT2D eigenvalue weighted by Crippen LogP contribution is -2.54. The average Bonchev–Trinajstić information content (AvgIpc) is 2.75. The molecule has 0 saturated heterocycles. The highest BCUT2D eigenvalue weighted by Crippen LogP contribution is 2.56. The molecule has 0 fully saturated rings. The third kappa shape index (κ3) is 5.31. The minimum atomic E-state index is -5.83. The fraction of sp³-hybridized carbons (Fsp3) is 0.391. The van der Waals surface area contributed by atoms with E-state index < -0.39 is 46.4 Å². The third-order valence-electron chi connectivity index (χ3n) is 4.81. The van der Waals surface area contributed by atoms with Gasteiger partial charge in [-0.15, -0.1) is 0 Å². The predicted octanol–water partition coefficient (Wildman–Crippen LogP) is 6.23. The Morgan fingerprint density at radius 1 is 0.697 bits per heavy atom. The summed E-state index contributed by atoms with van der Waals surface area (Å²) in [4.78, 5) is 24.0. The number of ether oxygens (including phenoxy) is 2. The number of carbonyl (C=O) groups excluding carboxylic acids is 2. The van der Waals surface area contributed by atoms with Crippen molar-refractivity contribution in [3.63, 3.8) is 0 Å². The van der Waals surface area contributed by atoms with Gasteiger partial charge in [0.05, 0.1) is 24.3 Å². The molecule has 0 unspecified atom stereocenters. The topological polar surface area (TPSA) is 52.6 Å². The Morgan fingerprint density at radius 2 is 1.18 bits per heavy atom. The molecular formula is C23H22F6O4. The van der Waals surface area contributed by atoms with Gasteiger partial charge >= 0.3 is 24.3 Å². The van der Waals surface area contributed by atoms with Crippen LogP contribution in [-0.2, 0) is 14.9 Å². The van der Waals surface area contributed by atoms with E-state index in [1.165, 1.54) is 0 Å². The Labute approximate surface area is 186 Å². The summed E-state index contributed by atoms with van der Waals surface area (Å²) in [5.41, 5.74) is -7.45. The summed E-state index contributed by atoms with van der Waals surface area (Å²) in [6.07, 6.45) is -10.7. The van der Waals surface area contributed by atoms with Crippen LogP contribution < -0.4 is 0 Å². The molecule has 180 valence electrons. The van der Waals surface area contributed by atoms with Gasteiger partial charge in [0.1, 0.15) is 0 Å². The lowest BCUT2D eigenvalue weighted by atomic mass is 9.72. The first-order chi connectivity index (χ1) is 15.4. The first-order valence-electron chi connectivity index (χ1n) is 10.1. The lowest BCUT2D eigenvalue weighted by Gasteiger charge is -2.38. The monoisotopic (exact) mass is 476 g/mol. The van der Waals surface area contributed by atoms with Gasteiger partial charge < -0.3 is 9.47 Å². The molecule has 0 aliphatic rings. The van der Waals surface area contributed by atoms with Crippen LogP contribution in [0.15, 0.2) is 48.5 Å². The average molecular weight is 476 g/mol. The zero-order chi connectivity index (χ0) is 24.9. The fourth-order valence-electron chi connectivity index (χ4n) is 3.27. The summed E-state index contributed by atoms with van der Waals surface area (Å²) in [6, 6.07) is 6.06. The number of hydrogen-bond donors (Lipinski definition) is 0. The summed E-state index contributed by atoms with van der Waals surface area (Å²) in [5, 5.41) is 0. The van der Waals surface area contributed by atoms with E-state index in [2.05, 4.69) is 0 Å². The normalized spacial score (nSPS) is 12.4. The molecule has 0 aliphatic carbocycles. The van der Waals surface area contributed by atoms with Crippen molar-refractivity contribution in [2.45, 2.75) is 44.5 Å². The van der Waals surface area contributed by atoms with Crippen molar-refractivity contribution in [2.24, 2.45) is 0 Å². The van der Waals surface area contributed by atoms with Gasteiger partial charge in [-0.05, 0) is 48.2 Å². The van der Waals surface area contributed by atoms with E-state index in [0.717, 1.165) is 24.3 Å². The van der Waals surface area contributed by atoms with Crippen molar-refractivity contribution in [2.75, 3.05) is 13.2 Å². The van der Waals surface area contributed by atoms with E-state index in [4.69, 9.17) is 9.47 Å². The molecule has 0 amide bonds. The number of halogens is 6. The summed E-state index contributed by atoms with van der Waals surface area (Å²) < 4.78 is 95.4. The zero-order valence-electron chi connectivity index (χ0n) is 17.8. The first-order valence-corrected chi connectivity index (χ1v) is 10.1. The molecule has 4 nitrogen and oxygen atoms in total. The Hall–Kier alpha value is -3.04. The number of rotatable bonds is 8. The van der Waals surface area contributed by atoms with E-state index in [1.807, 2.05) is 0 Å². The maximum absolute atomic E-state index is 14.3. The van der Waals surface area contributed by atoms with Gasteiger partial charge in [0.15, 0.2) is 0 Å². The molecule has 0 bridgehead atoms. The van der Waals surface area contributed by atoms with E-state index >= 15 is 0 Å². The van der Waals surface area contributed by atoms with Crippen LogP contribution in [-0.4, -0.2) is 37.5 Å². The van der Waals surface area contributed by atoms with Gasteiger partial charge in [-0.25, -0.2) is 9.59 Å². The van der Waals surface area contributed by atoms with Crippen LogP contribution in [0.5, 0.6) is 0 Å². The van der Waals surface area contributed by atoms with Gasteiger partial charge in [0, 0.05) is 0 Å². The maximum atomic E-state index is 14.3. The van der Waals surface area contributed by atoms with Crippen LogP contribution in [0.1, 0.15) is 58.5 Å². The SMILES string of the molecule is CCCOC(=O)c1ccc(C(c2cccc(C(=O)OCCC)c2)(C(F)(F)F)C(F)(F)F)cc1. The molecule has 33 heavy (non-hydrogen) atoms. The molecular weight excluding hydrogens is 454 g/mol. The smallest absolute Gasteiger partial charge is 0.411 e. The molecule has 10 heteroatoms. The number of benzene rings is 2. The highest BCUT2D eigenvalue weighted by atomic mass is 19.4. The van der Waals surface area contributed by atoms with Crippen molar-refractivity contribution in [3.05, 3.63) is 70.8 Å². The maximum Gasteiger partial charge on any atom is 0.411 e. The highest BCUT2D eigenvalue weighted by Gasteiger charge is 2.72. The fourth-order valence-corrected chi connectivity index (χ4v) is 3.27. The molecule has 0 radical (unpaired) electrons. The van der Waals surface area contributed by atoms with E-state index in [0.29, 0.717) is 37.1 Å². The number of alkyl halides is 6. The van der Waals surface area contributed by atoms with Gasteiger partial charge in [-0.1, -0.05) is 38.1 Å². The third-order valence-corrected chi connectivity index (χ3v) is 4.81. The minimum Gasteiger partial charge on any atom is -0.462 e.